The summed E-state index contributed by atoms with van der Waals surface area (Å²) < 4.78 is 4.28. The zero-order valence-corrected chi connectivity index (χ0v) is 29.0. The van der Waals surface area contributed by atoms with E-state index in [1.807, 2.05) is 75.4 Å². The summed E-state index contributed by atoms with van der Waals surface area (Å²) in [7, 11) is 0. The molecule has 3 aliphatic rings. The fraction of sp³-hybridized carbons (Fsp3) is 0.500. The first-order valence-electron chi connectivity index (χ1n) is 16.8. The van der Waals surface area contributed by atoms with E-state index >= 15 is 0 Å². The molecule has 8 nitrogen and oxygen atoms in total. The molecule has 0 aliphatic carbocycles. The molecule has 2 bridgehead atoms. The van der Waals surface area contributed by atoms with Gasteiger partial charge in [0.15, 0.2) is 0 Å². The molecule has 2 unspecified atom stereocenters. The number of carbonyl (C=O) groups is 3. The standard InChI is InChI=1S/C38H49N3O5S/c1-7-22-39(24-27-14-12-11-13-15-27)36(45)33-38-21-20-37(6,47-38)31(32(38)35(44)41(33)30(25-42)26(5)9-3)34(43)40(23-8-2)28-16-18-29(19-17-28)46-10-4/h7-8,11-19,26,30-33,42H,1-2,9-10,20-25H2,3-6H3/t26-,30-,31+,32-,33?,37-,38?/m0/s1. The van der Waals surface area contributed by atoms with Crippen LogP contribution < -0.4 is 9.64 Å². The van der Waals surface area contributed by atoms with Gasteiger partial charge in [0.05, 0.1) is 35.8 Å². The van der Waals surface area contributed by atoms with E-state index in [1.165, 1.54) is 0 Å². The molecular weight excluding hydrogens is 611 g/mol. The molecule has 1 spiro atoms. The molecule has 5 rings (SSSR count). The van der Waals surface area contributed by atoms with Crippen LogP contribution in [0.5, 0.6) is 5.75 Å². The number of aliphatic hydroxyl groups excluding tert-OH is 1. The fourth-order valence-electron chi connectivity index (χ4n) is 8.06. The van der Waals surface area contributed by atoms with Crippen LogP contribution in [0.3, 0.4) is 0 Å². The van der Waals surface area contributed by atoms with Crippen LogP contribution in [0.2, 0.25) is 0 Å². The number of benzene rings is 2. The molecule has 3 fully saturated rings. The average molecular weight is 660 g/mol. The van der Waals surface area contributed by atoms with Gasteiger partial charge >= 0.3 is 0 Å². The summed E-state index contributed by atoms with van der Waals surface area (Å²) >= 11 is 1.65. The van der Waals surface area contributed by atoms with Gasteiger partial charge in [-0.05, 0) is 62.4 Å². The normalized spacial score (nSPS) is 27.2. The maximum Gasteiger partial charge on any atom is 0.247 e. The molecule has 3 amide bonds. The molecule has 2 aromatic rings. The van der Waals surface area contributed by atoms with Crippen molar-refractivity contribution in [2.75, 3.05) is 31.2 Å². The Morgan fingerprint density at radius 3 is 2.34 bits per heavy atom. The third-order valence-corrected chi connectivity index (χ3v) is 12.5. The van der Waals surface area contributed by atoms with Crippen molar-refractivity contribution in [3.63, 3.8) is 0 Å². The molecule has 252 valence electrons. The maximum atomic E-state index is 14.9. The van der Waals surface area contributed by atoms with Gasteiger partial charge in [0.1, 0.15) is 11.8 Å². The summed E-state index contributed by atoms with van der Waals surface area (Å²) in [5.41, 5.74) is 1.68. The Kier molecular flexibility index (Phi) is 10.6. The average Bonchev–Trinajstić information content (AvgIpc) is 3.65. The zero-order valence-electron chi connectivity index (χ0n) is 28.1. The van der Waals surface area contributed by atoms with Crippen LogP contribution in [0, 0.1) is 17.8 Å². The Balaban J connectivity index is 1.59. The van der Waals surface area contributed by atoms with Crippen LogP contribution in [-0.4, -0.2) is 80.5 Å². The second kappa shape index (κ2) is 14.3. The summed E-state index contributed by atoms with van der Waals surface area (Å²) in [5, 5.41) is 10.8. The lowest BCUT2D eigenvalue weighted by Gasteiger charge is -2.41. The summed E-state index contributed by atoms with van der Waals surface area (Å²) in [4.78, 5) is 49.9. The first-order valence-corrected chi connectivity index (χ1v) is 17.6. The van der Waals surface area contributed by atoms with Crippen LogP contribution in [0.4, 0.5) is 5.69 Å². The second-order valence-corrected chi connectivity index (χ2v) is 15.2. The smallest absolute Gasteiger partial charge is 0.247 e. The van der Waals surface area contributed by atoms with Gasteiger partial charge in [-0.2, -0.15) is 0 Å². The number of nitrogens with zero attached hydrogens (tertiary/aromatic N) is 3. The highest BCUT2D eigenvalue weighted by molar-refractivity contribution is 8.02. The monoisotopic (exact) mass is 659 g/mol. The number of hydrogen-bond acceptors (Lipinski definition) is 6. The Morgan fingerprint density at radius 2 is 1.74 bits per heavy atom. The van der Waals surface area contributed by atoms with Crippen LogP contribution in [0.15, 0.2) is 79.9 Å². The van der Waals surface area contributed by atoms with Crippen molar-refractivity contribution < 1.29 is 24.2 Å². The van der Waals surface area contributed by atoms with Crippen LogP contribution >= 0.6 is 11.8 Å². The van der Waals surface area contributed by atoms with Gasteiger partial charge < -0.3 is 24.5 Å². The van der Waals surface area contributed by atoms with Crippen molar-refractivity contribution in [2.24, 2.45) is 17.8 Å². The van der Waals surface area contributed by atoms with Gasteiger partial charge in [-0.25, -0.2) is 0 Å². The highest BCUT2D eigenvalue weighted by Gasteiger charge is 2.78. The lowest BCUT2D eigenvalue weighted by molar-refractivity contribution is -0.147. The molecule has 7 atom stereocenters. The van der Waals surface area contributed by atoms with Gasteiger partial charge in [0.25, 0.3) is 0 Å². The van der Waals surface area contributed by atoms with E-state index in [0.717, 1.165) is 12.0 Å². The summed E-state index contributed by atoms with van der Waals surface area (Å²) in [6.45, 7) is 17.1. The summed E-state index contributed by atoms with van der Waals surface area (Å²) in [6, 6.07) is 15.8. The molecule has 0 aromatic heterocycles. The number of carbonyl (C=O) groups excluding carboxylic acids is 3. The number of ether oxygens (including phenoxy) is 1. The minimum absolute atomic E-state index is 0.0514. The van der Waals surface area contributed by atoms with E-state index in [4.69, 9.17) is 4.74 Å². The lowest BCUT2D eigenvalue weighted by Crippen LogP contribution is -2.58. The molecule has 47 heavy (non-hydrogen) atoms. The Morgan fingerprint density at radius 1 is 1.06 bits per heavy atom. The maximum absolute atomic E-state index is 14.9. The Bertz CT molecular complexity index is 1470. The van der Waals surface area contributed by atoms with Crippen LogP contribution in [0.25, 0.3) is 0 Å². The largest absolute Gasteiger partial charge is 0.494 e. The van der Waals surface area contributed by atoms with Crippen molar-refractivity contribution in [3.8, 4) is 5.75 Å². The predicted molar refractivity (Wildman–Crippen MR) is 188 cm³/mol. The third-order valence-electron chi connectivity index (χ3n) is 10.5. The first-order chi connectivity index (χ1) is 22.6. The highest BCUT2D eigenvalue weighted by Crippen LogP contribution is 2.72. The molecule has 9 heteroatoms. The molecule has 3 saturated heterocycles. The lowest BCUT2D eigenvalue weighted by atomic mass is 9.66. The summed E-state index contributed by atoms with van der Waals surface area (Å²) in [5.74, 6) is -1.21. The number of amides is 3. The Hall–Kier alpha value is -3.56. The highest BCUT2D eigenvalue weighted by atomic mass is 32.2. The minimum Gasteiger partial charge on any atom is -0.494 e. The quantitative estimate of drug-likeness (QED) is 0.247. The van der Waals surface area contributed by atoms with Gasteiger partial charge in [0, 0.05) is 30.1 Å². The number of likely N-dealkylation sites (tertiary alicyclic amines) is 1. The molecule has 0 radical (unpaired) electrons. The van der Waals surface area contributed by atoms with Crippen molar-refractivity contribution in [1.82, 2.24) is 9.80 Å². The molecule has 3 heterocycles. The second-order valence-electron chi connectivity index (χ2n) is 13.3. The molecule has 3 aliphatic heterocycles. The van der Waals surface area contributed by atoms with Crippen molar-refractivity contribution in [1.29, 1.82) is 0 Å². The molecule has 2 aromatic carbocycles. The molecular formula is C38H49N3O5S. The predicted octanol–water partition coefficient (Wildman–Crippen LogP) is 5.71. The number of hydrogen-bond donors (Lipinski definition) is 1. The van der Waals surface area contributed by atoms with E-state index in [-0.39, 0.29) is 36.8 Å². The van der Waals surface area contributed by atoms with E-state index in [1.54, 1.807) is 38.6 Å². The van der Waals surface area contributed by atoms with E-state index < -0.39 is 33.4 Å². The van der Waals surface area contributed by atoms with E-state index in [2.05, 4.69) is 20.1 Å². The fourth-order valence-corrected chi connectivity index (χ4v) is 10.4. The summed E-state index contributed by atoms with van der Waals surface area (Å²) in [6.07, 6.45) is 5.48. The van der Waals surface area contributed by atoms with Crippen LogP contribution in [0.1, 0.15) is 52.5 Å². The van der Waals surface area contributed by atoms with Crippen molar-refractivity contribution >= 4 is 35.2 Å². The number of fused-ring (bicyclic) bond motifs is 1. The van der Waals surface area contributed by atoms with E-state index in [0.29, 0.717) is 44.0 Å². The van der Waals surface area contributed by atoms with Gasteiger partial charge in [-0.15, -0.1) is 24.9 Å². The number of rotatable bonds is 15. The van der Waals surface area contributed by atoms with Gasteiger partial charge in [-0.3, -0.25) is 14.4 Å². The third kappa shape index (κ3) is 6.13. The number of thioether (sulfide) groups is 1. The molecule has 0 saturated carbocycles. The topological polar surface area (TPSA) is 90.4 Å². The number of anilines is 1. The van der Waals surface area contributed by atoms with Crippen molar-refractivity contribution in [3.05, 3.63) is 85.5 Å². The van der Waals surface area contributed by atoms with Crippen LogP contribution in [-0.2, 0) is 20.9 Å². The van der Waals surface area contributed by atoms with E-state index in [9.17, 15) is 19.5 Å². The van der Waals surface area contributed by atoms with Gasteiger partial charge in [-0.1, -0.05) is 62.8 Å². The molecule has 1 N–H and O–H groups in total. The minimum atomic E-state index is -0.822. The number of aliphatic hydroxyl groups is 1. The Labute approximate surface area is 283 Å². The zero-order chi connectivity index (χ0) is 33.9. The first kappa shape index (κ1) is 34.8. The SMILES string of the molecule is C=CCN(Cc1ccccc1)C(=O)C1N([C@@H](CO)[C@@H](C)CC)C(=O)[C@@H]2[C@H](C(=O)N(CC=C)c3ccc(OCC)cc3)[C@]3(C)CCC12S3. The van der Waals surface area contributed by atoms with Gasteiger partial charge in [0.2, 0.25) is 17.7 Å². The van der Waals surface area contributed by atoms with Crippen molar-refractivity contribution in [2.45, 2.75) is 75.1 Å².